The van der Waals surface area contributed by atoms with Crippen LogP contribution in [0, 0.1) is 0 Å². The Kier molecular flexibility index (Phi) is 7.79. The summed E-state index contributed by atoms with van der Waals surface area (Å²) in [6.07, 6.45) is 1.49. The van der Waals surface area contributed by atoms with Crippen LogP contribution in [-0.2, 0) is 16.1 Å². The van der Waals surface area contributed by atoms with Crippen molar-refractivity contribution in [1.82, 2.24) is 9.55 Å². The molecular formula is C20H26N4O6. The number of nitrogen functional groups attached to an aromatic ring is 1. The molecule has 10 heteroatoms. The van der Waals surface area contributed by atoms with Crippen molar-refractivity contribution in [2.45, 2.75) is 33.2 Å². The summed E-state index contributed by atoms with van der Waals surface area (Å²) in [6.45, 7) is 3.39. The Morgan fingerprint density at radius 1 is 1.23 bits per heavy atom. The van der Waals surface area contributed by atoms with Gasteiger partial charge >= 0.3 is 11.7 Å². The zero-order chi connectivity index (χ0) is 22.3. The van der Waals surface area contributed by atoms with Crippen LogP contribution in [0.25, 0.3) is 0 Å². The number of benzene rings is 1. The largest absolute Gasteiger partial charge is 0.497 e. The Balaban J connectivity index is 2.23. The SMILES string of the molecule is CCCCn1c(N)c(N(CC)C(=O)COC(=O)c2cccc(OC)c2)c(=O)[nH]c1=O. The number of carbonyl (C=O) groups excluding carboxylic acids is 2. The topological polar surface area (TPSA) is 137 Å². The van der Waals surface area contributed by atoms with Crippen LogP contribution in [-0.4, -0.2) is 41.7 Å². The van der Waals surface area contributed by atoms with Gasteiger partial charge in [0.2, 0.25) is 0 Å². The van der Waals surface area contributed by atoms with Crippen molar-refractivity contribution in [2.75, 3.05) is 30.9 Å². The lowest BCUT2D eigenvalue weighted by Crippen LogP contribution is -2.42. The van der Waals surface area contributed by atoms with Gasteiger partial charge in [0, 0.05) is 13.1 Å². The first kappa shape index (κ1) is 22.7. The van der Waals surface area contributed by atoms with Gasteiger partial charge in [0.1, 0.15) is 11.6 Å². The third-order valence-electron chi connectivity index (χ3n) is 4.47. The lowest BCUT2D eigenvalue weighted by atomic mass is 10.2. The van der Waals surface area contributed by atoms with E-state index in [1.54, 1.807) is 19.1 Å². The summed E-state index contributed by atoms with van der Waals surface area (Å²) in [7, 11) is 1.47. The predicted octanol–water partition coefficient (Wildman–Crippen LogP) is 1.14. The number of carbonyl (C=O) groups is 2. The second-order valence-electron chi connectivity index (χ2n) is 6.44. The Morgan fingerprint density at radius 2 is 1.97 bits per heavy atom. The van der Waals surface area contributed by atoms with Crippen molar-refractivity contribution in [3.05, 3.63) is 50.7 Å². The Hall–Kier alpha value is -3.56. The molecule has 0 saturated heterocycles. The molecule has 2 rings (SSSR count). The van der Waals surface area contributed by atoms with E-state index < -0.39 is 29.7 Å². The average molecular weight is 418 g/mol. The average Bonchev–Trinajstić information content (AvgIpc) is 2.74. The van der Waals surface area contributed by atoms with E-state index in [9.17, 15) is 19.2 Å². The second-order valence-corrected chi connectivity index (χ2v) is 6.44. The molecule has 3 N–H and O–H groups in total. The molecule has 10 nitrogen and oxygen atoms in total. The first-order valence-corrected chi connectivity index (χ1v) is 9.58. The number of aromatic nitrogens is 2. The minimum atomic E-state index is -0.778. The number of nitrogens with zero attached hydrogens (tertiary/aromatic N) is 2. The van der Waals surface area contributed by atoms with E-state index >= 15 is 0 Å². The van der Waals surface area contributed by atoms with Crippen LogP contribution < -0.4 is 26.6 Å². The number of nitrogens with two attached hydrogens (primary N) is 1. The van der Waals surface area contributed by atoms with E-state index in [1.807, 2.05) is 6.92 Å². The van der Waals surface area contributed by atoms with Crippen LogP contribution in [0.3, 0.4) is 0 Å². The monoisotopic (exact) mass is 418 g/mol. The molecule has 2 aromatic rings. The molecule has 0 saturated carbocycles. The number of nitrogens with one attached hydrogen (secondary N) is 1. The second kappa shape index (κ2) is 10.3. The van der Waals surface area contributed by atoms with E-state index in [0.29, 0.717) is 18.7 Å². The third kappa shape index (κ3) is 5.07. The number of hydrogen-bond acceptors (Lipinski definition) is 7. The van der Waals surface area contributed by atoms with Crippen molar-refractivity contribution in [2.24, 2.45) is 0 Å². The fourth-order valence-electron chi connectivity index (χ4n) is 2.87. The standard InChI is InChI=1S/C20H26N4O6/c1-4-6-10-24-17(21)16(18(26)22-20(24)28)23(5-2)15(25)12-30-19(27)13-8-7-9-14(11-13)29-3/h7-9,11H,4-6,10,12,21H2,1-3H3,(H,22,26,28). The highest BCUT2D eigenvalue weighted by atomic mass is 16.5. The number of aromatic amines is 1. The lowest BCUT2D eigenvalue weighted by Gasteiger charge is -2.23. The highest BCUT2D eigenvalue weighted by molar-refractivity contribution is 5.98. The van der Waals surface area contributed by atoms with Crippen LogP contribution in [0.15, 0.2) is 33.9 Å². The number of amides is 1. The van der Waals surface area contributed by atoms with Crippen LogP contribution in [0.1, 0.15) is 37.0 Å². The van der Waals surface area contributed by atoms with E-state index in [-0.39, 0.29) is 23.6 Å². The van der Waals surface area contributed by atoms with Gasteiger partial charge in [-0.2, -0.15) is 0 Å². The molecule has 0 aliphatic carbocycles. The van der Waals surface area contributed by atoms with Crippen molar-refractivity contribution >= 4 is 23.4 Å². The molecular weight excluding hydrogens is 392 g/mol. The first-order chi connectivity index (χ1) is 14.3. The van der Waals surface area contributed by atoms with Gasteiger partial charge in [0.05, 0.1) is 12.7 Å². The number of esters is 1. The molecule has 0 spiro atoms. The molecule has 1 heterocycles. The lowest BCUT2D eigenvalue weighted by molar-refractivity contribution is -0.121. The van der Waals surface area contributed by atoms with Crippen LogP contribution in [0.5, 0.6) is 5.75 Å². The third-order valence-corrected chi connectivity index (χ3v) is 4.47. The number of anilines is 2. The number of ether oxygens (including phenoxy) is 2. The maximum atomic E-state index is 12.7. The number of H-pyrrole nitrogens is 1. The van der Waals surface area contributed by atoms with Crippen LogP contribution >= 0.6 is 0 Å². The first-order valence-electron chi connectivity index (χ1n) is 9.58. The Morgan fingerprint density at radius 3 is 2.60 bits per heavy atom. The molecule has 0 aliphatic rings. The molecule has 0 atom stereocenters. The fraction of sp³-hybridized carbons (Fsp3) is 0.400. The van der Waals surface area contributed by atoms with E-state index in [0.717, 1.165) is 11.3 Å². The molecule has 0 bridgehead atoms. The maximum absolute atomic E-state index is 12.7. The van der Waals surface area contributed by atoms with Gasteiger partial charge in [-0.3, -0.25) is 19.1 Å². The molecule has 0 radical (unpaired) electrons. The molecule has 1 amide bonds. The van der Waals surface area contributed by atoms with Crippen LogP contribution in [0.2, 0.25) is 0 Å². The normalized spacial score (nSPS) is 10.5. The molecule has 1 aromatic heterocycles. The van der Waals surface area contributed by atoms with Gasteiger partial charge in [-0.15, -0.1) is 0 Å². The molecule has 0 aliphatic heterocycles. The van der Waals surface area contributed by atoms with Gasteiger partial charge in [-0.05, 0) is 31.5 Å². The Bertz CT molecular complexity index is 1030. The van der Waals surface area contributed by atoms with E-state index in [2.05, 4.69) is 4.98 Å². The smallest absolute Gasteiger partial charge is 0.338 e. The molecule has 162 valence electrons. The molecule has 0 fully saturated rings. The highest BCUT2D eigenvalue weighted by Gasteiger charge is 2.24. The van der Waals surface area contributed by atoms with Crippen molar-refractivity contribution in [3.8, 4) is 5.75 Å². The van der Waals surface area contributed by atoms with E-state index in [1.165, 1.54) is 23.8 Å². The summed E-state index contributed by atoms with van der Waals surface area (Å²) in [6, 6.07) is 6.30. The van der Waals surface area contributed by atoms with Gasteiger partial charge in [-0.25, -0.2) is 9.59 Å². The highest BCUT2D eigenvalue weighted by Crippen LogP contribution is 2.18. The summed E-state index contributed by atoms with van der Waals surface area (Å²) < 4.78 is 11.4. The van der Waals surface area contributed by atoms with Crippen molar-refractivity contribution in [3.63, 3.8) is 0 Å². The number of rotatable bonds is 9. The van der Waals surface area contributed by atoms with Crippen LogP contribution in [0.4, 0.5) is 11.5 Å². The fourth-order valence-corrected chi connectivity index (χ4v) is 2.87. The number of unbranched alkanes of at least 4 members (excludes halogenated alkanes) is 1. The maximum Gasteiger partial charge on any atom is 0.338 e. The van der Waals surface area contributed by atoms with Gasteiger partial charge in [-0.1, -0.05) is 19.4 Å². The number of hydrogen-bond donors (Lipinski definition) is 2. The quantitative estimate of drug-likeness (QED) is 0.583. The van der Waals surface area contributed by atoms with Crippen molar-refractivity contribution < 1.29 is 19.1 Å². The van der Waals surface area contributed by atoms with Gasteiger partial charge in [0.15, 0.2) is 12.3 Å². The van der Waals surface area contributed by atoms with Gasteiger partial charge in [0.25, 0.3) is 11.5 Å². The Labute approximate surface area is 173 Å². The summed E-state index contributed by atoms with van der Waals surface area (Å²) in [4.78, 5) is 52.6. The zero-order valence-corrected chi connectivity index (χ0v) is 17.3. The molecule has 30 heavy (non-hydrogen) atoms. The predicted molar refractivity (Wildman–Crippen MR) is 112 cm³/mol. The zero-order valence-electron chi connectivity index (χ0n) is 17.3. The summed E-state index contributed by atoms with van der Waals surface area (Å²) in [5.41, 5.74) is 4.71. The summed E-state index contributed by atoms with van der Waals surface area (Å²) in [5, 5.41) is 0. The molecule has 0 unspecified atom stereocenters. The minimum absolute atomic E-state index is 0.0921. The number of methoxy groups -OCH3 is 1. The van der Waals surface area contributed by atoms with E-state index in [4.69, 9.17) is 15.2 Å². The number of likely N-dealkylation sites (N-methyl/N-ethyl adjacent to an activating group) is 1. The molecule has 1 aromatic carbocycles. The minimum Gasteiger partial charge on any atom is -0.497 e. The van der Waals surface area contributed by atoms with Gasteiger partial charge < -0.3 is 20.1 Å². The summed E-state index contributed by atoms with van der Waals surface area (Å²) in [5.74, 6) is -0.995. The van der Waals surface area contributed by atoms with Crippen molar-refractivity contribution in [1.29, 1.82) is 0 Å². The summed E-state index contributed by atoms with van der Waals surface area (Å²) >= 11 is 0.